The number of likely N-dealkylation sites (N-methyl/N-ethyl adjacent to an activating group) is 1. The molecule has 0 aliphatic carbocycles. The maximum absolute atomic E-state index is 6.40. The molecule has 1 aliphatic rings. The van der Waals surface area contributed by atoms with E-state index in [0.717, 1.165) is 11.6 Å². The Kier molecular flexibility index (Phi) is 4.08. The molecule has 1 aromatic carbocycles. The summed E-state index contributed by atoms with van der Waals surface area (Å²) in [5, 5.41) is 0.906. The van der Waals surface area contributed by atoms with Gasteiger partial charge in [-0.2, -0.15) is 0 Å². The molecular weight excluding hydrogens is 232 g/mol. The minimum atomic E-state index is 0.382. The average molecular weight is 253 g/mol. The van der Waals surface area contributed by atoms with Gasteiger partial charge < -0.3 is 10.6 Å². The molecule has 0 amide bonds. The number of halogens is 1. The van der Waals surface area contributed by atoms with Crippen molar-refractivity contribution in [3.63, 3.8) is 0 Å². The van der Waals surface area contributed by atoms with Gasteiger partial charge in [0, 0.05) is 11.6 Å². The first kappa shape index (κ1) is 12.9. The second-order valence-corrected chi connectivity index (χ2v) is 5.57. The van der Waals surface area contributed by atoms with Gasteiger partial charge in [-0.1, -0.05) is 30.7 Å². The maximum Gasteiger partial charge on any atom is 0.0444 e. The third kappa shape index (κ3) is 2.82. The van der Waals surface area contributed by atoms with Crippen molar-refractivity contribution in [1.29, 1.82) is 0 Å². The van der Waals surface area contributed by atoms with Crippen LogP contribution in [0.25, 0.3) is 0 Å². The molecule has 94 valence electrons. The molecule has 2 N–H and O–H groups in total. The van der Waals surface area contributed by atoms with Gasteiger partial charge in [-0.3, -0.25) is 0 Å². The van der Waals surface area contributed by atoms with Crippen molar-refractivity contribution in [2.45, 2.75) is 25.2 Å². The summed E-state index contributed by atoms with van der Waals surface area (Å²) in [5.41, 5.74) is 8.22. The van der Waals surface area contributed by atoms with Crippen LogP contribution in [-0.2, 0) is 0 Å². The molecule has 3 heteroatoms. The Balaban J connectivity index is 2.20. The van der Waals surface area contributed by atoms with Gasteiger partial charge in [0.05, 0.1) is 0 Å². The quantitative estimate of drug-likeness (QED) is 0.897. The van der Waals surface area contributed by atoms with E-state index in [1.807, 2.05) is 0 Å². The van der Waals surface area contributed by atoms with E-state index in [9.17, 15) is 0 Å². The molecule has 1 fully saturated rings. The number of hydrogen-bond donors (Lipinski definition) is 1. The molecule has 1 heterocycles. The van der Waals surface area contributed by atoms with E-state index < -0.39 is 0 Å². The highest BCUT2D eigenvalue weighted by molar-refractivity contribution is 6.31. The van der Waals surface area contributed by atoms with Crippen molar-refractivity contribution in [1.82, 2.24) is 4.90 Å². The predicted octanol–water partition coefficient (Wildman–Crippen LogP) is 2.82. The highest BCUT2D eigenvalue weighted by Crippen LogP contribution is 2.33. The summed E-state index contributed by atoms with van der Waals surface area (Å²) in [6.45, 7) is 5.09. The summed E-state index contributed by atoms with van der Waals surface area (Å²) >= 11 is 6.40. The van der Waals surface area contributed by atoms with Crippen molar-refractivity contribution in [2.24, 2.45) is 5.73 Å². The highest BCUT2D eigenvalue weighted by Gasteiger charge is 2.23. The van der Waals surface area contributed by atoms with Crippen LogP contribution in [-0.4, -0.2) is 31.6 Å². The Morgan fingerprint density at radius 1 is 1.53 bits per heavy atom. The van der Waals surface area contributed by atoms with E-state index in [2.05, 4.69) is 37.1 Å². The minimum Gasteiger partial charge on any atom is -0.330 e. The van der Waals surface area contributed by atoms with E-state index in [1.165, 1.54) is 24.1 Å². The van der Waals surface area contributed by atoms with Gasteiger partial charge in [-0.15, -0.1) is 0 Å². The maximum atomic E-state index is 6.40. The lowest BCUT2D eigenvalue weighted by molar-refractivity contribution is 0.411. The second-order valence-electron chi connectivity index (χ2n) is 5.17. The Morgan fingerprint density at radius 3 is 2.82 bits per heavy atom. The lowest BCUT2D eigenvalue weighted by atomic mass is 9.94. The normalized spacial score (nSPS) is 22.9. The van der Waals surface area contributed by atoms with Crippen LogP contribution < -0.4 is 5.73 Å². The first-order valence-electron chi connectivity index (χ1n) is 6.29. The van der Waals surface area contributed by atoms with Crippen LogP contribution >= 0.6 is 11.6 Å². The van der Waals surface area contributed by atoms with Crippen molar-refractivity contribution in [3.05, 3.63) is 34.3 Å². The Morgan fingerprint density at radius 2 is 2.29 bits per heavy atom. The topological polar surface area (TPSA) is 29.3 Å². The van der Waals surface area contributed by atoms with Gasteiger partial charge in [0.25, 0.3) is 0 Å². The molecular formula is C14H21ClN2. The number of rotatable bonds is 3. The fraction of sp³-hybridized carbons (Fsp3) is 0.571. The van der Waals surface area contributed by atoms with E-state index in [-0.39, 0.29) is 0 Å². The predicted molar refractivity (Wildman–Crippen MR) is 73.8 cm³/mol. The zero-order valence-corrected chi connectivity index (χ0v) is 11.4. The summed E-state index contributed by atoms with van der Waals surface area (Å²) in [6.07, 6.45) is 1.21. The number of hydrogen-bond acceptors (Lipinski definition) is 2. The van der Waals surface area contributed by atoms with Crippen LogP contribution in [0.2, 0.25) is 5.02 Å². The number of nitrogens with zero attached hydrogens (tertiary/aromatic N) is 1. The molecule has 1 aromatic rings. The molecule has 0 radical (unpaired) electrons. The van der Waals surface area contributed by atoms with Crippen molar-refractivity contribution >= 4 is 11.6 Å². The van der Waals surface area contributed by atoms with Gasteiger partial charge in [-0.05, 0) is 55.6 Å². The van der Waals surface area contributed by atoms with Crippen LogP contribution in [0.3, 0.4) is 0 Å². The van der Waals surface area contributed by atoms with Crippen molar-refractivity contribution in [2.75, 3.05) is 26.7 Å². The van der Waals surface area contributed by atoms with Crippen molar-refractivity contribution in [3.8, 4) is 0 Å². The van der Waals surface area contributed by atoms with Gasteiger partial charge >= 0.3 is 0 Å². The van der Waals surface area contributed by atoms with Crippen LogP contribution in [0, 0.1) is 0 Å². The molecule has 0 aromatic heterocycles. The highest BCUT2D eigenvalue weighted by atomic mass is 35.5. The second kappa shape index (κ2) is 5.38. The van der Waals surface area contributed by atoms with E-state index in [0.29, 0.717) is 18.4 Å². The first-order chi connectivity index (χ1) is 8.11. The summed E-state index contributed by atoms with van der Waals surface area (Å²) < 4.78 is 0. The van der Waals surface area contributed by atoms with Gasteiger partial charge in [0.15, 0.2) is 0 Å². The zero-order chi connectivity index (χ0) is 12.4. The summed E-state index contributed by atoms with van der Waals surface area (Å²) in [5.74, 6) is 0.975. The van der Waals surface area contributed by atoms with Crippen LogP contribution in [0.4, 0.5) is 0 Å². The third-order valence-electron chi connectivity index (χ3n) is 3.78. The molecule has 0 saturated carbocycles. The lowest BCUT2D eigenvalue weighted by Gasteiger charge is -2.15. The van der Waals surface area contributed by atoms with E-state index in [4.69, 9.17) is 17.3 Å². The van der Waals surface area contributed by atoms with E-state index >= 15 is 0 Å². The molecule has 2 atom stereocenters. The molecule has 2 nitrogen and oxygen atoms in total. The lowest BCUT2D eigenvalue weighted by Crippen LogP contribution is -2.13. The summed E-state index contributed by atoms with van der Waals surface area (Å²) in [6, 6.07) is 6.46. The van der Waals surface area contributed by atoms with E-state index in [1.54, 1.807) is 0 Å². The largest absolute Gasteiger partial charge is 0.330 e. The fourth-order valence-corrected chi connectivity index (χ4v) is 2.85. The molecule has 0 spiro atoms. The first-order valence-corrected chi connectivity index (χ1v) is 6.67. The van der Waals surface area contributed by atoms with Gasteiger partial charge in [0.2, 0.25) is 0 Å². The monoisotopic (exact) mass is 252 g/mol. The number of nitrogens with two attached hydrogens (primary N) is 1. The van der Waals surface area contributed by atoms with Crippen LogP contribution in [0.5, 0.6) is 0 Å². The smallest absolute Gasteiger partial charge is 0.0444 e. The number of likely N-dealkylation sites (tertiary alicyclic amines) is 1. The van der Waals surface area contributed by atoms with Crippen LogP contribution in [0.15, 0.2) is 18.2 Å². The molecule has 2 unspecified atom stereocenters. The summed E-state index contributed by atoms with van der Waals surface area (Å²) in [7, 11) is 2.17. The Hall–Kier alpha value is -0.570. The fourth-order valence-electron chi connectivity index (χ4n) is 2.51. The SMILES string of the molecule is CC(CN)c1ccc(C2CCN(C)C2)c(Cl)c1. The third-order valence-corrected chi connectivity index (χ3v) is 4.11. The standard InChI is InChI=1S/C14H21ClN2/c1-10(8-16)11-3-4-13(14(15)7-11)12-5-6-17(2)9-12/h3-4,7,10,12H,5-6,8-9,16H2,1-2H3. The minimum absolute atomic E-state index is 0.382. The number of benzene rings is 1. The Labute approximate surface area is 109 Å². The van der Waals surface area contributed by atoms with Gasteiger partial charge in [-0.25, -0.2) is 0 Å². The van der Waals surface area contributed by atoms with Crippen LogP contribution in [0.1, 0.15) is 36.3 Å². The zero-order valence-electron chi connectivity index (χ0n) is 10.6. The molecule has 0 bridgehead atoms. The van der Waals surface area contributed by atoms with Gasteiger partial charge in [0.1, 0.15) is 0 Å². The Bertz CT molecular complexity index is 392. The molecule has 1 aliphatic heterocycles. The molecule has 1 saturated heterocycles. The molecule has 2 rings (SSSR count). The summed E-state index contributed by atoms with van der Waals surface area (Å²) in [4.78, 5) is 2.36. The molecule has 17 heavy (non-hydrogen) atoms. The average Bonchev–Trinajstić information content (AvgIpc) is 2.74. The van der Waals surface area contributed by atoms with Crippen molar-refractivity contribution < 1.29 is 0 Å².